The van der Waals surface area contributed by atoms with Crippen molar-refractivity contribution < 1.29 is 19.1 Å². The Balaban J connectivity index is 1.40. The van der Waals surface area contributed by atoms with Crippen LogP contribution in [0.5, 0.6) is 5.75 Å². The molecule has 1 N–H and O–H groups in total. The molecule has 0 radical (unpaired) electrons. The van der Waals surface area contributed by atoms with Crippen LogP contribution in [-0.4, -0.2) is 25.1 Å². The number of fused-ring (bicyclic) bond motifs is 1. The highest BCUT2D eigenvalue weighted by atomic mass is 16.6. The summed E-state index contributed by atoms with van der Waals surface area (Å²) in [5.41, 5.74) is 0.979. The van der Waals surface area contributed by atoms with Gasteiger partial charge in [-0.05, 0) is 28.5 Å². The molecular formula is C21H19NO4. The molecule has 132 valence electrons. The van der Waals surface area contributed by atoms with Crippen LogP contribution in [0.1, 0.15) is 5.56 Å². The van der Waals surface area contributed by atoms with E-state index in [0.717, 1.165) is 16.3 Å². The van der Waals surface area contributed by atoms with Crippen LogP contribution < -0.4 is 10.1 Å². The zero-order valence-electron chi connectivity index (χ0n) is 14.2. The van der Waals surface area contributed by atoms with Crippen molar-refractivity contribution in [2.24, 2.45) is 0 Å². The van der Waals surface area contributed by atoms with Crippen LogP contribution >= 0.6 is 0 Å². The van der Waals surface area contributed by atoms with Crippen LogP contribution in [0.4, 0.5) is 0 Å². The Morgan fingerprint density at radius 3 is 2.35 bits per heavy atom. The van der Waals surface area contributed by atoms with Gasteiger partial charge in [-0.15, -0.1) is 0 Å². The second-order valence-corrected chi connectivity index (χ2v) is 5.72. The minimum atomic E-state index is -0.590. The van der Waals surface area contributed by atoms with Crippen molar-refractivity contribution in [2.45, 2.75) is 6.54 Å². The Morgan fingerprint density at radius 1 is 0.808 bits per heavy atom. The minimum absolute atomic E-state index is 0.246. The first-order valence-corrected chi connectivity index (χ1v) is 8.28. The molecule has 0 bridgehead atoms. The van der Waals surface area contributed by atoms with E-state index in [4.69, 9.17) is 9.47 Å². The molecule has 0 saturated heterocycles. The van der Waals surface area contributed by atoms with E-state index in [0.29, 0.717) is 12.3 Å². The van der Waals surface area contributed by atoms with Gasteiger partial charge in [0, 0.05) is 6.54 Å². The van der Waals surface area contributed by atoms with E-state index in [1.807, 2.05) is 66.7 Å². The van der Waals surface area contributed by atoms with Gasteiger partial charge < -0.3 is 14.8 Å². The summed E-state index contributed by atoms with van der Waals surface area (Å²) in [5, 5.41) is 4.81. The molecule has 0 spiro atoms. The summed E-state index contributed by atoms with van der Waals surface area (Å²) >= 11 is 0. The fraction of sp³-hybridized carbons (Fsp3) is 0.143. The van der Waals surface area contributed by atoms with Gasteiger partial charge in [0.05, 0.1) is 0 Å². The Morgan fingerprint density at radius 2 is 1.54 bits per heavy atom. The lowest BCUT2D eigenvalue weighted by Crippen LogP contribution is -2.29. The van der Waals surface area contributed by atoms with E-state index in [2.05, 4.69) is 5.32 Å². The molecule has 1 amide bonds. The quantitative estimate of drug-likeness (QED) is 0.666. The lowest BCUT2D eigenvalue weighted by Gasteiger charge is -2.08. The molecular weight excluding hydrogens is 330 g/mol. The number of hydrogen-bond donors (Lipinski definition) is 1. The van der Waals surface area contributed by atoms with Gasteiger partial charge in [-0.3, -0.25) is 4.79 Å². The molecule has 0 aliphatic rings. The Labute approximate surface area is 151 Å². The third kappa shape index (κ3) is 5.08. The molecule has 0 aromatic heterocycles. The van der Waals surface area contributed by atoms with Crippen LogP contribution in [0.2, 0.25) is 0 Å². The first-order chi connectivity index (χ1) is 12.7. The summed E-state index contributed by atoms with van der Waals surface area (Å²) in [6.45, 7) is -0.179. The van der Waals surface area contributed by atoms with Crippen LogP contribution in [-0.2, 0) is 20.9 Å². The highest BCUT2D eigenvalue weighted by molar-refractivity contribution is 5.84. The maximum Gasteiger partial charge on any atom is 0.344 e. The van der Waals surface area contributed by atoms with Crippen molar-refractivity contribution in [2.75, 3.05) is 13.2 Å². The van der Waals surface area contributed by atoms with Crippen molar-refractivity contribution in [3.63, 3.8) is 0 Å². The van der Waals surface area contributed by atoms with Crippen LogP contribution in [0, 0.1) is 0 Å². The fourth-order valence-electron chi connectivity index (χ4n) is 2.43. The van der Waals surface area contributed by atoms with Gasteiger partial charge in [0.1, 0.15) is 5.75 Å². The van der Waals surface area contributed by atoms with E-state index in [9.17, 15) is 9.59 Å². The number of nitrogens with one attached hydrogen (secondary N) is 1. The third-order valence-electron chi connectivity index (χ3n) is 3.77. The van der Waals surface area contributed by atoms with E-state index in [-0.39, 0.29) is 19.1 Å². The van der Waals surface area contributed by atoms with Crippen molar-refractivity contribution in [1.29, 1.82) is 0 Å². The van der Waals surface area contributed by atoms with Gasteiger partial charge in [0.25, 0.3) is 5.91 Å². The van der Waals surface area contributed by atoms with Crippen molar-refractivity contribution in [3.05, 3.63) is 78.4 Å². The van der Waals surface area contributed by atoms with E-state index in [1.165, 1.54) is 0 Å². The SMILES string of the molecule is O=C(COC(=O)COc1ccc2ccccc2c1)NCc1ccccc1. The molecule has 5 heteroatoms. The average Bonchev–Trinajstić information content (AvgIpc) is 2.69. The number of hydrogen-bond acceptors (Lipinski definition) is 4. The lowest BCUT2D eigenvalue weighted by molar-refractivity contribution is -0.150. The van der Waals surface area contributed by atoms with Gasteiger partial charge >= 0.3 is 5.97 Å². The summed E-state index contributed by atoms with van der Waals surface area (Å²) in [6, 6.07) is 23.0. The Kier molecular flexibility index (Phi) is 5.83. The molecule has 0 heterocycles. The number of carbonyl (C=O) groups excluding carboxylic acids is 2. The normalized spacial score (nSPS) is 10.3. The molecule has 26 heavy (non-hydrogen) atoms. The third-order valence-corrected chi connectivity index (χ3v) is 3.77. The summed E-state index contributed by atoms with van der Waals surface area (Å²) in [6.07, 6.45) is 0. The molecule has 3 rings (SSSR count). The minimum Gasteiger partial charge on any atom is -0.482 e. The Bertz CT molecular complexity index is 893. The van der Waals surface area contributed by atoms with Gasteiger partial charge in [-0.2, -0.15) is 0 Å². The summed E-state index contributed by atoms with van der Waals surface area (Å²) < 4.78 is 10.4. The zero-order chi connectivity index (χ0) is 18.2. The number of carbonyl (C=O) groups is 2. The zero-order valence-corrected chi connectivity index (χ0v) is 14.2. The predicted molar refractivity (Wildman–Crippen MR) is 98.7 cm³/mol. The Hall–Kier alpha value is -3.34. The highest BCUT2D eigenvalue weighted by Gasteiger charge is 2.08. The van der Waals surface area contributed by atoms with E-state index in [1.54, 1.807) is 6.07 Å². The maximum atomic E-state index is 11.7. The molecule has 5 nitrogen and oxygen atoms in total. The van der Waals surface area contributed by atoms with Crippen LogP contribution in [0.15, 0.2) is 72.8 Å². The second-order valence-electron chi connectivity index (χ2n) is 5.72. The summed E-state index contributed by atoms with van der Waals surface area (Å²) in [4.78, 5) is 23.4. The number of amides is 1. The predicted octanol–water partition coefficient (Wildman–Crippen LogP) is 3.08. The first-order valence-electron chi connectivity index (χ1n) is 8.28. The number of rotatable bonds is 7. The lowest BCUT2D eigenvalue weighted by atomic mass is 10.1. The second kappa shape index (κ2) is 8.67. The van der Waals surface area contributed by atoms with E-state index < -0.39 is 5.97 Å². The number of esters is 1. The van der Waals surface area contributed by atoms with Gasteiger partial charge in [-0.1, -0.05) is 60.7 Å². The maximum absolute atomic E-state index is 11.7. The van der Waals surface area contributed by atoms with Crippen molar-refractivity contribution in [1.82, 2.24) is 5.32 Å². The largest absolute Gasteiger partial charge is 0.482 e. The summed E-state index contributed by atoms with van der Waals surface area (Å²) in [5.74, 6) is -0.366. The standard InChI is InChI=1S/C21H19NO4/c23-20(22-13-16-6-2-1-3-7-16)14-26-21(24)15-25-19-11-10-17-8-4-5-9-18(17)12-19/h1-12H,13-15H2,(H,22,23). The number of ether oxygens (including phenoxy) is 2. The van der Waals surface area contributed by atoms with E-state index >= 15 is 0 Å². The van der Waals surface area contributed by atoms with Gasteiger partial charge in [0.15, 0.2) is 13.2 Å². The smallest absolute Gasteiger partial charge is 0.344 e. The molecule has 0 fully saturated rings. The molecule has 0 aliphatic heterocycles. The summed E-state index contributed by atoms with van der Waals surface area (Å²) in [7, 11) is 0. The molecule has 0 atom stereocenters. The number of benzene rings is 3. The molecule has 0 aliphatic carbocycles. The first kappa shape index (κ1) is 17.5. The average molecular weight is 349 g/mol. The highest BCUT2D eigenvalue weighted by Crippen LogP contribution is 2.20. The molecule has 0 saturated carbocycles. The topological polar surface area (TPSA) is 64.6 Å². The van der Waals surface area contributed by atoms with Crippen molar-refractivity contribution >= 4 is 22.6 Å². The van der Waals surface area contributed by atoms with Crippen LogP contribution in [0.25, 0.3) is 10.8 Å². The monoisotopic (exact) mass is 349 g/mol. The fourth-order valence-corrected chi connectivity index (χ4v) is 2.43. The van der Waals surface area contributed by atoms with Crippen LogP contribution in [0.3, 0.4) is 0 Å². The van der Waals surface area contributed by atoms with Gasteiger partial charge in [0.2, 0.25) is 0 Å². The molecule has 3 aromatic rings. The molecule has 3 aromatic carbocycles. The molecule has 0 unspecified atom stereocenters. The van der Waals surface area contributed by atoms with Gasteiger partial charge in [-0.25, -0.2) is 4.79 Å². The van der Waals surface area contributed by atoms with Crippen molar-refractivity contribution in [3.8, 4) is 5.75 Å².